The van der Waals surface area contributed by atoms with Gasteiger partial charge in [0.25, 0.3) is 0 Å². The lowest BCUT2D eigenvalue weighted by atomic mass is 10.1. The zero-order chi connectivity index (χ0) is 13.0. The summed E-state index contributed by atoms with van der Waals surface area (Å²) < 4.78 is 0. The normalized spacial score (nSPS) is 11.3. The Morgan fingerprint density at radius 1 is 0.944 bits per heavy atom. The first-order chi connectivity index (χ1) is 8.68. The Morgan fingerprint density at radius 3 is 2.22 bits per heavy atom. The summed E-state index contributed by atoms with van der Waals surface area (Å²) in [6.45, 7) is 0. The summed E-state index contributed by atoms with van der Waals surface area (Å²) >= 11 is 12.1. The first-order valence-electron chi connectivity index (χ1n) is 5.40. The van der Waals surface area contributed by atoms with Crippen molar-refractivity contribution in [1.29, 1.82) is 0 Å². The zero-order valence-electron chi connectivity index (χ0n) is 9.44. The SMILES string of the molecule is O=C(/C=C(\Cl)c1ccccc1)c1ccccc1Cl. The lowest BCUT2D eigenvalue weighted by molar-refractivity contribution is 0.104. The molecule has 0 aromatic heterocycles. The van der Waals surface area contributed by atoms with E-state index < -0.39 is 0 Å². The summed E-state index contributed by atoms with van der Waals surface area (Å²) in [6, 6.07) is 16.2. The molecule has 90 valence electrons. The highest BCUT2D eigenvalue weighted by Gasteiger charge is 2.08. The number of benzene rings is 2. The number of ketones is 1. The number of rotatable bonds is 3. The summed E-state index contributed by atoms with van der Waals surface area (Å²) in [7, 11) is 0. The van der Waals surface area contributed by atoms with Crippen molar-refractivity contribution in [2.24, 2.45) is 0 Å². The number of carbonyl (C=O) groups excluding carboxylic acids is 1. The van der Waals surface area contributed by atoms with Gasteiger partial charge in [-0.2, -0.15) is 0 Å². The molecule has 0 radical (unpaired) electrons. The van der Waals surface area contributed by atoms with Crippen LogP contribution < -0.4 is 0 Å². The number of hydrogen-bond donors (Lipinski definition) is 0. The van der Waals surface area contributed by atoms with Crippen LogP contribution in [0.25, 0.3) is 5.03 Å². The van der Waals surface area contributed by atoms with Gasteiger partial charge in [0.05, 0.1) is 10.1 Å². The topological polar surface area (TPSA) is 17.1 Å². The molecule has 0 aliphatic carbocycles. The predicted molar refractivity (Wildman–Crippen MR) is 76.1 cm³/mol. The van der Waals surface area contributed by atoms with Crippen LogP contribution in [-0.2, 0) is 0 Å². The molecule has 0 amide bonds. The molecule has 3 heteroatoms. The minimum Gasteiger partial charge on any atom is -0.289 e. The fourth-order valence-electron chi connectivity index (χ4n) is 1.53. The molecule has 2 aromatic rings. The molecule has 18 heavy (non-hydrogen) atoms. The summed E-state index contributed by atoms with van der Waals surface area (Å²) in [4.78, 5) is 12.0. The lowest BCUT2D eigenvalue weighted by Crippen LogP contribution is -1.96. The van der Waals surface area contributed by atoms with Crippen molar-refractivity contribution in [2.45, 2.75) is 0 Å². The van der Waals surface area contributed by atoms with Crippen molar-refractivity contribution in [3.05, 3.63) is 76.8 Å². The lowest BCUT2D eigenvalue weighted by Gasteiger charge is -2.01. The number of allylic oxidation sites excluding steroid dienone is 1. The highest BCUT2D eigenvalue weighted by Crippen LogP contribution is 2.21. The van der Waals surface area contributed by atoms with Gasteiger partial charge in [0, 0.05) is 11.6 Å². The second-order valence-corrected chi connectivity index (χ2v) is 4.52. The first-order valence-corrected chi connectivity index (χ1v) is 6.15. The average Bonchev–Trinajstić information content (AvgIpc) is 2.40. The minimum absolute atomic E-state index is 0.200. The molecule has 0 fully saturated rings. The van der Waals surface area contributed by atoms with E-state index in [2.05, 4.69) is 0 Å². The van der Waals surface area contributed by atoms with Gasteiger partial charge in [-0.15, -0.1) is 0 Å². The minimum atomic E-state index is -0.200. The molecule has 0 N–H and O–H groups in total. The maximum absolute atomic E-state index is 12.0. The van der Waals surface area contributed by atoms with Crippen molar-refractivity contribution in [3.63, 3.8) is 0 Å². The van der Waals surface area contributed by atoms with E-state index in [-0.39, 0.29) is 5.78 Å². The summed E-state index contributed by atoms with van der Waals surface area (Å²) in [6.07, 6.45) is 1.39. The van der Waals surface area contributed by atoms with Crippen LogP contribution >= 0.6 is 23.2 Å². The Labute approximate surface area is 116 Å². The van der Waals surface area contributed by atoms with E-state index in [4.69, 9.17) is 23.2 Å². The van der Waals surface area contributed by atoms with Crippen molar-refractivity contribution in [2.75, 3.05) is 0 Å². The highest BCUT2D eigenvalue weighted by atomic mass is 35.5. The van der Waals surface area contributed by atoms with Crippen LogP contribution in [0.1, 0.15) is 15.9 Å². The molecular weight excluding hydrogens is 267 g/mol. The monoisotopic (exact) mass is 276 g/mol. The van der Waals surface area contributed by atoms with Gasteiger partial charge >= 0.3 is 0 Å². The van der Waals surface area contributed by atoms with Crippen molar-refractivity contribution >= 4 is 34.0 Å². The van der Waals surface area contributed by atoms with Crippen LogP contribution in [0.3, 0.4) is 0 Å². The molecule has 0 atom stereocenters. The second-order valence-electron chi connectivity index (χ2n) is 3.70. The van der Waals surface area contributed by atoms with E-state index in [1.54, 1.807) is 24.3 Å². The van der Waals surface area contributed by atoms with E-state index in [1.165, 1.54) is 6.08 Å². The van der Waals surface area contributed by atoms with E-state index in [9.17, 15) is 4.79 Å². The van der Waals surface area contributed by atoms with Gasteiger partial charge in [-0.1, -0.05) is 65.7 Å². The third-order valence-corrected chi connectivity index (χ3v) is 3.10. The fraction of sp³-hybridized carbons (Fsp3) is 0. The van der Waals surface area contributed by atoms with E-state index in [0.29, 0.717) is 15.6 Å². The predicted octanol–water partition coefficient (Wildman–Crippen LogP) is 4.80. The zero-order valence-corrected chi connectivity index (χ0v) is 10.9. The third-order valence-electron chi connectivity index (χ3n) is 2.45. The Morgan fingerprint density at radius 2 is 1.56 bits per heavy atom. The van der Waals surface area contributed by atoms with Gasteiger partial charge in [-0.05, 0) is 17.7 Å². The Bertz CT molecular complexity index is 588. The number of halogens is 2. The van der Waals surface area contributed by atoms with E-state index in [1.807, 2.05) is 30.3 Å². The summed E-state index contributed by atoms with van der Waals surface area (Å²) in [5.74, 6) is -0.200. The molecule has 2 rings (SSSR count). The summed E-state index contributed by atoms with van der Waals surface area (Å²) in [5.41, 5.74) is 1.26. The standard InChI is InChI=1S/C15H10Cl2O/c16-13-9-5-4-8-12(13)15(18)10-14(17)11-6-2-1-3-7-11/h1-10H/b14-10-. The quantitative estimate of drug-likeness (QED) is 0.581. The smallest absolute Gasteiger partial charge is 0.188 e. The maximum Gasteiger partial charge on any atom is 0.188 e. The maximum atomic E-state index is 12.0. The van der Waals surface area contributed by atoms with Crippen LogP contribution in [0.2, 0.25) is 5.02 Å². The molecule has 0 aliphatic heterocycles. The molecule has 0 bridgehead atoms. The van der Waals surface area contributed by atoms with Crippen LogP contribution in [-0.4, -0.2) is 5.78 Å². The van der Waals surface area contributed by atoms with Crippen LogP contribution in [0, 0.1) is 0 Å². The molecular formula is C15H10Cl2O. The Kier molecular flexibility index (Phi) is 4.19. The van der Waals surface area contributed by atoms with Gasteiger partial charge in [0.2, 0.25) is 0 Å². The van der Waals surface area contributed by atoms with Crippen molar-refractivity contribution < 1.29 is 4.79 Å². The molecule has 1 nitrogen and oxygen atoms in total. The second kappa shape index (κ2) is 5.85. The number of carbonyl (C=O) groups is 1. The fourth-order valence-corrected chi connectivity index (χ4v) is 1.99. The molecule has 0 unspecified atom stereocenters. The third kappa shape index (κ3) is 3.00. The summed E-state index contributed by atoms with van der Waals surface area (Å²) in [5, 5.41) is 0.830. The van der Waals surface area contributed by atoms with Gasteiger partial charge in [0.15, 0.2) is 5.78 Å². The first kappa shape index (κ1) is 12.9. The average molecular weight is 277 g/mol. The molecule has 0 spiro atoms. The van der Waals surface area contributed by atoms with E-state index in [0.717, 1.165) is 5.56 Å². The number of hydrogen-bond acceptors (Lipinski definition) is 1. The van der Waals surface area contributed by atoms with Gasteiger partial charge in [0.1, 0.15) is 0 Å². The van der Waals surface area contributed by atoms with Gasteiger partial charge < -0.3 is 0 Å². The van der Waals surface area contributed by atoms with Gasteiger partial charge in [-0.3, -0.25) is 4.79 Å². The van der Waals surface area contributed by atoms with Crippen LogP contribution in [0.5, 0.6) is 0 Å². The largest absolute Gasteiger partial charge is 0.289 e. The Hall–Kier alpha value is -1.57. The molecule has 0 saturated heterocycles. The molecule has 0 heterocycles. The van der Waals surface area contributed by atoms with Crippen LogP contribution in [0.15, 0.2) is 60.7 Å². The van der Waals surface area contributed by atoms with Crippen molar-refractivity contribution in [1.82, 2.24) is 0 Å². The Balaban J connectivity index is 2.29. The molecule has 0 saturated carbocycles. The van der Waals surface area contributed by atoms with Crippen molar-refractivity contribution in [3.8, 4) is 0 Å². The highest BCUT2D eigenvalue weighted by molar-refractivity contribution is 6.50. The molecule has 0 aliphatic rings. The van der Waals surface area contributed by atoms with Crippen LogP contribution in [0.4, 0.5) is 0 Å². The molecule has 2 aromatic carbocycles. The van der Waals surface area contributed by atoms with E-state index >= 15 is 0 Å². The van der Waals surface area contributed by atoms with Gasteiger partial charge in [-0.25, -0.2) is 0 Å².